The molecule has 2 heterocycles. The monoisotopic (exact) mass is 566 g/mol. The van der Waals surface area contributed by atoms with E-state index in [2.05, 4.69) is 0 Å². The molecule has 0 amide bonds. The van der Waals surface area contributed by atoms with Crippen LogP contribution in [0, 0.1) is 0 Å². The highest BCUT2D eigenvalue weighted by Crippen LogP contribution is 2.48. The van der Waals surface area contributed by atoms with E-state index in [1.54, 1.807) is 36.4 Å². The van der Waals surface area contributed by atoms with E-state index < -0.39 is 21.4 Å². The van der Waals surface area contributed by atoms with Crippen molar-refractivity contribution in [3.63, 3.8) is 0 Å². The average molecular weight is 567 g/mol. The lowest BCUT2D eigenvalue weighted by molar-refractivity contribution is -0.0499. The minimum atomic E-state index is -5.99. The SMILES string of the molecule is O=S(=O)(Oc1ccc2oc3ccccc3c2c1-c1ccc(Cl)c2c1oc1cc3ccccc3cc12)C(F)(F)F. The van der Waals surface area contributed by atoms with Crippen molar-refractivity contribution >= 4 is 76.4 Å². The van der Waals surface area contributed by atoms with Gasteiger partial charge in [0, 0.05) is 32.7 Å². The van der Waals surface area contributed by atoms with Gasteiger partial charge in [-0.15, -0.1) is 0 Å². The lowest BCUT2D eigenvalue weighted by atomic mass is 9.96. The maximum Gasteiger partial charge on any atom is 0.534 e. The Hall–Kier alpha value is -4.21. The number of benzene rings is 5. The van der Waals surface area contributed by atoms with Crippen molar-refractivity contribution in [2.45, 2.75) is 5.51 Å². The van der Waals surface area contributed by atoms with Crippen molar-refractivity contribution in [3.05, 3.63) is 90.0 Å². The standard InChI is InChI=1S/C29H14ClF3O5S/c30-20-10-9-18(28-25(20)19-13-15-5-1-2-6-16(15)14-24(19)37-28)27-23(38-39(34,35)29(31,32)33)12-11-22-26(27)17-7-3-4-8-21(17)36-22/h1-14H. The highest BCUT2D eigenvalue weighted by molar-refractivity contribution is 7.88. The predicted octanol–water partition coefficient (Wildman–Crippen LogP) is 9.19. The molecule has 0 N–H and O–H groups in total. The van der Waals surface area contributed by atoms with Gasteiger partial charge in [-0.2, -0.15) is 21.6 Å². The van der Waals surface area contributed by atoms with Crippen LogP contribution in [0.5, 0.6) is 5.75 Å². The van der Waals surface area contributed by atoms with Crippen molar-refractivity contribution < 1.29 is 34.6 Å². The second-order valence-corrected chi connectivity index (χ2v) is 10.9. The molecule has 0 bridgehead atoms. The Morgan fingerprint density at radius 1 is 0.718 bits per heavy atom. The van der Waals surface area contributed by atoms with Gasteiger partial charge in [0.2, 0.25) is 0 Å². The van der Waals surface area contributed by atoms with Gasteiger partial charge in [-0.1, -0.05) is 54.1 Å². The van der Waals surface area contributed by atoms with E-state index in [9.17, 15) is 21.6 Å². The van der Waals surface area contributed by atoms with Crippen LogP contribution in [0.3, 0.4) is 0 Å². The second kappa shape index (κ2) is 8.14. The molecule has 0 aliphatic carbocycles. The summed E-state index contributed by atoms with van der Waals surface area (Å²) in [5.74, 6) is -0.527. The van der Waals surface area contributed by atoms with Gasteiger partial charge in [-0.25, -0.2) is 0 Å². The van der Waals surface area contributed by atoms with Gasteiger partial charge in [-0.3, -0.25) is 0 Å². The number of alkyl halides is 3. The van der Waals surface area contributed by atoms with Crippen LogP contribution in [0.4, 0.5) is 13.2 Å². The van der Waals surface area contributed by atoms with Gasteiger partial charge in [-0.05, 0) is 53.2 Å². The van der Waals surface area contributed by atoms with Crippen LogP contribution in [0.1, 0.15) is 0 Å². The highest BCUT2D eigenvalue weighted by atomic mass is 35.5. The first kappa shape index (κ1) is 23.9. The van der Waals surface area contributed by atoms with Gasteiger partial charge in [0.05, 0.1) is 5.02 Å². The number of hydrogen-bond acceptors (Lipinski definition) is 5. The van der Waals surface area contributed by atoms with Crippen LogP contribution in [0.2, 0.25) is 5.02 Å². The first-order valence-electron chi connectivity index (χ1n) is 11.6. The predicted molar refractivity (Wildman–Crippen MR) is 145 cm³/mol. The van der Waals surface area contributed by atoms with Crippen molar-refractivity contribution in [3.8, 4) is 16.9 Å². The summed E-state index contributed by atoms with van der Waals surface area (Å²) in [5, 5.41) is 4.38. The fourth-order valence-electron chi connectivity index (χ4n) is 5.02. The van der Waals surface area contributed by atoms with Gasteiger partial charge < -0.3 is 13.0 Å². The molecule has 0 spiro atoms. The summed E-state index contributed by atoms with van der Waals surface area (Å²) >= 11 is 6.63. The fraction of sp³-hybridized carbons (Fsp3) is 0.0345. The Labute approximate surface area is 223 Å². The quantitative estimate of drug-likeness (QED) is 0.157. The summed E-state index contributed by atoms with van der Waals surface area (Å²) in [6.07, 6.45) is 0. The third-order valence-corrected chi connectivity index (χ3v) is 7.97. The molecular formula is C29H14ClF3O5S. The van der Waals surface area contributed by atoms with E-state index in [4.69, 9.17) is 24.6 Å². The Balaban J connectivity index is 1.62. The average Bonchev–Trinajstić information content (AvgIpc) is 3.46. The van der Waals surface area contributed by atoms with Crippen molar-refractivity contribution in [2.24, 2.45) is 0 Å². The number of rotatable bonds is 3. The molecule has 0 unspecified atom stereocenters. The highest BCUT2D eigenvalue weighted by Gasteiger charge is 2.49. The van der Waals surface area contributed by atoms with Gasteiger partial charge in [0.1, 0.15) is 22.3 Å². The summed E-state index contributed by atoms with van der Waals surface area (Å²) < 4.78 is 81.3. The molecule has 2 aromatic heterocycles. The molecule has 0 saturated carbocycles. The first-order valence-corrected chi connectivity index (χ1v) is 13.4. The van der Waals surface area contributed by atoms with Gasteiger partial charge in [0.25, 0.3) is 0 Å². The molecule has 0 radical (unpaired) electrons. The zero-order valence-electron chi connectivity index (χ0n) is 19.5. The molecule has 7 aromatic rings. The van der Waals surface area contributed by atoms with E-state index in [0.29, 0.717) is 48.9 Å². The number of halogens is 4. The molecule has 5 nitrogen and oxygen atoms in total. The van der Waals surface area contributed by atoms with E-state index in [1.807, 2.05) is 36.4 Å². The Morgan fingerprint density at radius 2 is 1.44 bits per heavy atom. The van der Waals surface area contributed by atoms with Crippen molar-refractivity contribution in [2.75, 3.05) is 0 Å². The lowest BCUT2D eigenvalue weighted by Crippen LogP contribution is -2.28. The smallest absolute Gasteiger partial charge is 0.456 e. The Kier molecular flexibility index (Phi) is 4.99. The number of hydrogen-bond donors (Lipinski definition) is 0. The zero-order valence-corrected chi connectivity index (χ0v) is 21.1. The van der Waals surface area contributed by atoms with Crippen LogP contribution >= 0.6 is 11.6 Å². The summed E-state index contributed by atoms with van der Waals surface area (Å²) in [7, 11) is -5.99. The fourth-order valence-corrected chi connectivity index (χ4v) is 5.74. The van der Waals surface area contributed by atoms with Crippen LogP contribution in [0.15, 0.2) is 93.8 Å². The number of furan rings is 2. The molecular weight excluding hydrogens is 553 g/mol. The Morgan fingerprint density at radius 3 is 2.21 bits per heavy atom. The van der Waals surface area contributed by atoms with E-state index in [-0.39, 0.29) is 11.1 Å². The normalized spacial score (nSPS) is 12.8. The topological polar surface area (TPSA) is 69.7 Å². The summed E-state index contributed by atoms with van der Waals surface area (Å²) in [6, 6.07) is 24.0. The number of fused-ring (bicyclic) bond motifs is 7. The molecule has 0 fully saturated rings. The van der Waals surface area contributed by atoms with Crippen molar-refractivity contribution in [1.29, 1.82) is 0 Å². The van der Waals surface area contributed by atoms with Crippen LogP contribution < -0.4 is 4.18 Å². The third-order valence-electron chi connectivity index (χ3n) is 6.69. The molecule has 39 heavy (non-hydrogen) atoms. The summed E-state index contributed by atoms with van der Waals surface area (Å²) in [5.41, 5.74) is -3.72. The minimum absolute atomic E-state index is 0.0653. The molecule has 7 rings (SSSR count). The van der Waals surface area contributed by atoms with E-state index in [0.717, 1.165) is 16.8 Å². The molecule has 5 aromatic carbocycles. The minimum Gasteiger partial charge on any atom is -0.456 e. The molecule has 0 atom stereocenters. The van der Waals surface area contributed by atoms with Gasteiger partial charge >= 0.3 is 15.6 Å². The van der Waals surface area contributed by atoms with E-state index >= 15 is 0 Å². The molecule has 0 saturated heterocycles. The molecule has 194 valence electrons. The third kappa shape index (κ3) is 3.57. The second-order valence-electron chi connectivity index (χ2n) is 8.99. The Bertz CT molecular complexity index is 2230. The van der Waals surface area contributed by atoms with Crippen LogP contribution in [-0.2, 0) is 10.1 Å². The lowest BCUT2D eigenvalue weighted by Gasteiger charge is -2.14. The number of para-hydroxylation sites is 1. The van der Waals surface area contributed by atoms with Gasteiger partial charge in [0.15, 0.2) is 5.75 Å². The van der Waals surface area contributed by atoms with E-state index in [1.165, 1.54) is 6.07 Å². The maximum absolute atomic E-state index is 13.4. The molecule has 10 heteroatoms. The van der Waals surface area contributed by atoms with Crippen molar-refractivity contribution in [1.82, 2.24) is 0 Å². The zero-order chi connectivity index (χ0) is 27.1. The molecule has 0 aliphatic rings. The maximum atomic E-state index is 13.4. The van der Waals surface area contributed by atoms with Crippen LogP contribution in [0.25, 0.3) is 65.8 Å². The largest absolute Gasteiger partial charge is 0.534 e. The molecule has 0 aliphatic heterocycles. The first-order chi connectivity index (χ1) is 18.6. The summed E-state index contributed by atoms with van der Waals surface area (Å²) in [6.45, 7) is 0. The van der Waals surface area contributed by atoms with Crippen LogP contribution in [-0.4, -0.2) is 13.9 Å². The summed E-state index contributed by atoms with van der Waals surface area (Å²) in [4.78, 5) is 0.